The molecule has 1 aliphatic carbocycles. The SMILES string of the molecule is C[C@H]1[C@@H](NC(=S)NNC(=O)Cn2nnc(COc3ccccc3)n2)CCC[C@@H]1C. The van der Waals surface area contributed by atoms with E-state index in [1.807, 2.05) is 30.3 Å². The van der Waals surface area contributed by atoms with Gasteiger partial charge in [-0.3, -0.25) is 15.6 Å². The molecule has 0 bridgehead atoms. The molecule has 1 aromatic carbocycles. The molecule has 0 radical (unpaired) electrons. The van der Waals surface area contributed by atoms with Gasteiger partial charge in [-0.2, -0.15) is 4.80 Å². The lowest BCUT2D eigenvalue weighted by atomic mass is 9.78. The van der Waals surface area contributed by atoms with Crippen LogP contribution in [-0.2, 0) is 17.9 Å². The van der Waals surface area contributed by atoms with Crippen LogP contribution in [0.5, 0.6) is 5.75 Å². The van der Waals surface area contributed by atoms with Crippen molar-refractivity contribution < 1.29 is 9.53 Å². The van der Waals surface area contributed by atoms with Gasteiger partial charge >= 0.3 is 0 Å². The minimum absolute atomic E-state index is 0.0786. The molecule has 10 heteroatoms. The second-order valence-electron chi connectivity index (χ2n) is 7.36. The van der Waals surface area contributed by atoms with E-state index in [2.05, 4.69) is 45.4 Å². The number of thiocarbonyl (C=S) groups is 1. The summed E-state index contributed by atoms with van der Waals surface area (Å²) in [7, 11) is 0. The van der Waals surface area contributed by atoms with Crippen LogP contribution in [0.15, 0.2) is 30.3 Å². The molecule has 1 amide bonds. The van der Waals surface area contributed by atoms with Crippen molar-refractivity contribution in [2.45, 2.75) is 52.3 Å². The van der Waals surface area contributed by atoms with E-state index in [1.54, 1.807) is 0 Å². The van der Waals surface area contributed by atoms with Crippen LogP contribution in [0.1, 0.15) is 38.9 Å². The van der Waals surface area contributed by atoms with Gasteiger partial charge in [0, 0.05) is 6.04 Å². The Morgan fingerprint density at radius 2 is 2.03 bits per heavy atom. The standard InChI is InChI=1S/C19H27N7O2S/c1-13-7-6-10-16(14(13)2)20-19(29)23-22-18(27)11-26-24-17(21-25-26)12-28-15-8-4-3-5-9-15/h3-5,8-9,13-14,16H,6-7,10-12H2,1-2H3,(H,22,27)(H2,20,23,29)/t13-,14+,16-/m0/s1. The van der Waals surface area contributed by atoms with Gasteiger partial charge in [-0.15, -0.1) is 10.2 Å². The van der Waals surface area contributed by atoms with E-state index in [0.29, 0.717) is 34.6 Å². The number of nitrogens with zero attached hydrogens (tertiary/aromatic N) is 4. The van der Waals surface area contributed by atoms with Gasteiger partial charge in [0.15, 0.2) is 11.7 Å². The van der Waals surface area contributed by atoms with Gasteiger partial charge in [-0.25, -0.2) is 0 Å². The molecule has 3 rings (SSSR count). The largest absolute Gasteiger partial charge is 0.485 e. The minimum atomic E-state index is -0.327. The molecule has 0 aliphatic heterocycles. The predicted octanol–water partition coefficient (Wildman–Crippen LogP) is 1.57. The summed E-state index contributed by atoms with van der Waals surface area (Å²) in [6.07, 6.45) is 3.52. The third-order valence-electron chi connectivity index (χ3n) is 5.23. The number of ether oxygens (including phenoxy) is 1. The van der Waals surface area contributed by atoms with Gasteiger partial charge in [-0.05, 0) is 47.8 Å². The Kier molecular flexibility index (Phi) is 7.34. The number of carbonyl (C=O) groups excluding carboxylic acids is 1. The van der Waals surface area contributed by atoms with Gasteiger partial charge in [0.2, 0.25) is 5.82 Å². The van der Waals surface area contributed by atoms with E-state index in [0.717, 1.165) is 6.42 Å². The first-order valence-corrected chi connectivity index (χ1v) is 10.2. The second-order valence-corrected chi connectivity index (χ2v) is 7.77. The predicted molar refractivity (Wildman–Crippen MR) is 112 cm³/mol. The van der Waals surface area contributed by atoms with Crippen LogP contribution in [0.4, 0.5) is 0 Å². The lowest BCUT2D eigenvalue weighted by Crippen LogP contribution is -2.53. The summed E-state index contributed by atoms with van der Waals surface area (Å²) >= 11 is 5.29. The van der Waals surface area contributed by atoms with Crippen molar-refractivity contribution in [1.29, 1.82) is 0 Å². The zero-order valence-corrected chi connectivity index (χ0v) is 17.5. The van der Waals surface area contributed by atoms with Crippen LogP contribution in [-0.4, -0.2) is 37.3 Å². The number of aromatic nitrogens is 4. The number of benzene rings is 1. The Morgan fingerprint density at radius 1 is 1.24 bits per heavy atom. The van der Waals surface area contributed by atoms with E-state index < -0.39 is 0 Å². The Bertz CT molecular complexity index is 814. The monoisotopic (exact) mass is 417 g/mol. The fraction of sp³-hybridized carbons (Fsp3) is 0.526. The first-order valence-electron chi connectivity index (χ1n) is 9.81. The molecule has 3 atom stereocenters. The molecular weight excluding hydrogens is 390 g/mol. The molecule has 2 aromatic rings. The minimum Gasteiger partial charge on any atom is -0.485 e. The lowest BCUT2D eigenvalue weighted by molar-refractivity contribution is -0.122. The van der Waals surface area contributed by atoms with Crippen LogP contribution in [0.3, 0.4) is 0 Å². The van der Waals surface area contributed by atoms with Crippen LogP contribution >= 0.6 is 12.2 Å². The Balaban J connectivity index is 1.38. The average Bonchev–Trinajstić information content (AvgIpc) is 3.16. The van der Waals surface area contributed by atoms with E-state index in [-0.39, 0.29) is 19.1 Å². The smallest absolute Gasteiger partial charge is 0.262 e. The summed E-state index contributed by atoms with van der Waals surface area (Å²) in [6, 6.07) is 9.67. The zero-order chi connectivity index (χ0) is 20.6. The highest BCUT2D eigenvalue weighted by Gasteiger charge is 2.27. The fourth-order valence-corrected chi connectivity index (χ4v) is 3.55. The third-order valence-corrected chi connectivity index (χ3v) is 5.45. The van der Waals surface area contributed by atoms with Gasteiger partial charge < -0.3 is 10.1 Å². The van der Waals surface area contributed by atoms with E-state index in [1.165, 1.54) is 17.6 Å². The third kappa shape index (κ3) is 6.38. The number of nitrogens with one attached hydrogen (secondary N) is 3. The molecule has 0 unspecified atom stereocenters. The summed E-state index contributed by atoms with van der Waals surface area (Å²) in [6.45, 7) is 4.60. The summed E-state index contributed by atoms with van der Waals surface area (Å²) in [4.78, 5) is 13.3. The van der Waals surface area contributed by atoms with Crippen LogP contribution in [0.25, 0.3) is 0 Å². The van der Waals surface area contributed by atoms with Gasteiger partial charge in [-0.1, -0.05) is 44.9 Å². The molecule has 9 nitrogen and oxygen atoms in total. The highest BCUT2D eigenvalue weighted by molar-refractivity contribution is 7.80. The number of hydrogen-bond donors (Lipinski definition) is 3. The molecule has 3 N–H and O–H groups in total. The van der Waals surface area contributed by atoms with Gasteiger partial charge in [0.1, 0.15) is 12.3 Å². The molecule has 0 spiro atoms. The summed E-state index contributed by atoms with van der Waals surface area (Å²) in [5, 5.41) is 15.6. The van der Waals surface area contributed by atoms with Crippen molar-refractivity contribution in [3.63, 3.8) is 0 Å². The van der Waals surface area contributed by atoms with Crippen molar-refractivity contribution in [1.82, 2.24) is 36.4 Å². The van der Waals surface area contributed by atoms with Crippen molar-refractivity contribution in [2.24, 2.45) is 11.8 Å². The molecule has 29 heavy (non-hydrogen) atoms. The van der Waals surface area contributed by atoms with Crippen molar-refractivity contribution in [2.75, 3.05) is 0 Å². The lowest BCUT2D eigenvalue weighted by Gasteiger charge is -2.35. The number of amides is 1. The summed E-state index contributed by atoms with van der Waals surface area (Å²) in [5.41, 5.74) is 5.31. The molecule has 1 aliphatic rings. The van der Waals surface area contributed by atoms with Crippen molar-refractivity contribution in [3.8, 4) is 5.75 Å². The molecule has 1 fully saturated rings. The zero-order valence-electron chi connectivity index (χ0n) is 16.7. The molecule has 1 aromatic heterocycles. The maximum Gasteiger partial charge on any atom is 0.262 e. The maximum atomic E-state index is 12.1. The highest BCUT2D eigenvalue weighted by atomic mass is 32.1. The quantitative estimate of drug-likeness (QED) is 0.480. The molecule has 0 saturated heterocycles. The summed E-state index contributed by atoms with van der Waals surface area (Å²) < 4.78 is 5.56. The van der Waals surface area contributed by atoms with Crippen molar-refractivity contribution >= 4 is 23.2 Å². The van der Waals surface area contributed by atoms with E-state index in [9.17, 15) is 4.79 Å². The van der Waals surface area contributed by atoms with E-state index in [4.69, 9.17) is 17.0 Å². The topological polar surface area (TPSA) is 106 Å². The average molecular weight is 418 g/mol. The highest BCUT2D eigenvalue weighted by Crippen LogP contribution is 2.29. The fourth-order valence-electron chi connectivity index (χ4n) is 3.35. The van der Waals surface area contributed by atoms with Gasteiger partial charge in [0.05, 0.1) is 0 Å². The Morgan fingerprint density at radius 3 is 2.83 bits per heavy atom. The number of rotatable bonds is 6. The number of carbonyl (C=O) groups is 1. The van der Waals surface area contributed by atoms with Crippen LogP contribution in [0.2, 0.25) is 0 Å². The number of tetrazole rings is 1. The second kappa shape index (κ2) is 10.1. The van der Waals surface area contributed by atoms with E-state index >= 15 is 0 Å². The first-order chi connectivity index (χ1) is 14.0. The number of hydrogen-bond acceptors (Lipinski definition) is 6. The molecule has 1 saturated carbocycles. The molecular formula is C19H27N7O2S. The number of para-hydroxylation sites is 1. The Labute approximate surface area is 175 Å². The molecule has 156 valence electrons. The van der Waals surface area contributed by atoms with Gasteiger partial charge in [0.25, 0.3) is 5.91 Å². The summed E-state index contributed by atoms with van der Waals surface area (Å²) in [5.74, 6) is 1.99. The maximum absolute atomic E-state index is 12.1. The normalized spacial score (nSPS) is 21.2. The van der Waals surface area contributed by atoms with Crippen LogP contribution in [0, 0.1) is 11.8 Å². The van der Waals surface area contributed by atoms with Crippen molar-refractivity contribution in [3.05, 3.63) is 36.2 Å². The first kappa shape index (κ1) is 21.0. The molecule has 1 heterocycles. The number of hydrazine groups is 1. The Hall–Kier alpha value is -2.75. The van der Waals surface area contributed by atoms with Crippen LogP contribution < -0.4 is 20.9 Å².